The van der Waals surface area contributed by atoms with Gasteiger partial charge in [-0.05, 0) is 113 Å². The summed E-state index contributed by atoms with van der Waals surface area (Å²) in [5.41, 5.74) is -0.146. The van der Waals surface area contributed by atoms with Crippen LogP contribution in [0.2, 0.25) is 0 Å². The van der Waals surface area contributed by atoms with Gasteiger partial charge in [-0.2, -0.15) is 0 Å². The predicted octanol–water partition coefficient (Wildman–Crippen LogP) is 4.50. The normalized spacial score (nSPS) is 52.7. The number of amides is 2. The fraction of sp³-hybridized carbons (Fsp3) is 0.939. The summed E-state index contributed by atoms with van der Waals surface area (Å²) in [7, 11) is 0. The molecular weight excluding hydrogens is 516 g/mol. The molecule has 2 aliphatic heterocycles. The van der Waals surface area contributed by atoms with E-state index in [4.69, 9.17) is 0 Å². The van der Waals surface area contributed by atoms with Gasteiger partial charge in [-0.3, -0.25) is 9.59 Å². The Hall–Kier alpha value is -1.22. The molecule has 8 aliphatic carbocycles. The minimum atomic E-state index is -0.545. The highest BCUT2D eigenvalue weighted by Crippen LogP contribution is 2.57. The zero-order valence-corrected chi connectivity index (χ0v) is 25.0. The number of rotatable bonds is 8. The van der Waals surface area contributed by atoms with Crippen molar-refractivity contribution in [3.63, 3.8) is 0 Å². The first kappa shape index (κ1) is 27.3. The molecule has 2 amide bonds. The molecule has 0 aromatic rings. The van der Waals surface area contributed by atoms with Crippen LogP contribution in [0.1, 0.15) is 109 Å². The molecule has 10 rings (SSSR count). The number of carbonyl (C=O) groups is 2. The van der Waals surface area contributed by atoms with E-state index in [0.717, 1.165) is 86.9 Å². The van der Waals surface area contributed by atoms with Crippen LogP contribution >= 0.6 is 0 Å². The summed E-state index contributed by atoms with van der Waals surface area (Å²) in [4.78, 5) is 27.3. The second-order valence-corrected chi connectivity index (χ2v) is 16.8. The number of carbonyl (C=O) groups excluding carboxylic acids is 2. The molecule has 0 aromatic carbocycles. The fourth-order valence-electron chi connectivity index (χ4n) is 12.9. The molecule has 4 atom stereocenters. The van der Waals surface area contributed by atoms with Crippen molar-refractivity contribution in [2.45, 2.75) is 132 Å². The van der Waals surface area contributed by atoms with Crippen molar-refractivity contribution >= 4 is 11.8 Å². The lowest BCUT2D eigenvalue weighted by molar-refractivity contribution is -0.902. The van der Waals surface area contributed by atoms with Gasteiger partial charge in [-0.25, -0.2) is 0 Å². The number of quaternary nitrogens is 2. The molecule has 2 saturated heterocycles. The van der Waals surface area contributed by atoms with Gasteiger partial charge < -0.3 is 30.3 Å². The lowest BCUT2D eigenvalue weighted by atomic mass is 9.53. The average molecular weight is 569 g/mol. The van der Waals surface area contributed by atoms with Gasteiger partial charge in [0.25, 0.3) is 11.8 Å². The molecule has 2 N–H and O–H groups in total. The highest BCUT2D eigenvalue weighted by molar-refractivity contribution is 5.82. The van der Waals surface area contributed by atoms with Gasteiger partial charge in [0, 0.05) is 43.2 Å². The van der Waals surface area contributed by atoms with E-state index < -0.39 is 21.4 Å². The molecule has 8 heteroatoms. The van der Waals surface area contributed by atoms with E-state index in [-0.39, 0.29) is 22.9 Å². The van der Waals surface area contributed by atoms with Crippen LogP contribution in [0.25, 0.3) is 0 Å². The Morgan fingerprint density at radius 1 is 0.585 bits per heavy atom. The summed E-state index contributed by atoms with van der Waals surface area (Å²) in [6.45, 7) is 1.55. The summed E-state index contributed by atoms with van der Waals surface area (Å²) in [6.07, 6.45) is 17.9. The van der Waals surface area contributed by atoms with Gasteiger partial charge in [0.15, 0.2) is 12.1 Å². The molecule has 41 heavy (non-hydrogen) atoms. The summed E-state index contributed by atoms with van der Waals surface area (Å²) >= 11 is 0. The molecular formula is C33H52N4O4. The van der Waals surface area contributed by atoms with Gasteiger partial charge in [0.1, 0.15) is 0 Å². The monoisotopic (exact) mass is 568 g/mol. The molecule has 8 saturated carbocycles. The minimum Gasteiger partial charge on any atom is -0.632 e. The summed E-state index contributed by atoms with van der Waals surface area (Å²) < 4.78 is -0.968. The standard InChI is InChI=1S/C33H52N4O4/c38-30(34-32-16-22-10-23(17-32)12-24(11-22)18-32)28-4-1-6-36(28,40)8-3-9-37(41)7-2-5-29(37)31(39)35-33-19-25-13-26(20-33)15-27(14-25)21-33/h22-29H,1-21H2,(H,34,38)(H,35,39). The molecule has 10 aliphatic rings. The van der Waals surface area contributed by atoms with Crippen LogP contribution in [-0.2, 0) is 9.59 Å². The molecule has 228 valence electrons. The van der Waals surface area contributed by atoms with E-state index in [1.807, 2.05) is 0 Å². The minimum absolute atomic E-state index is 0.0283. The van der Waals surface area contributed by atoms with Gasteiger partial charge in [0.05, 0.1) is 26.2 Å². The van der Waals surface area contributed by atoms with Crippen molar-refractivity contribution in [3.8, 4) is 0 Å². The zero-order valence-electron chi connectivity index (χ0n) is 25.0. The third-order valence-electron chi connectivity index (χ3n) is 13.7. The summed E-state index contributed by atoms with van der Waals surface area (Å²) in [6, 6.07) is -1.09. The molecule has 0 radical (unpaired) electrons. The first-order chi connectivity index (χ1) is 19.6. The molecule has 10 fully saturated rings. The lowest BCUT2D eigenvalue weighted by Crippen LogP contribution is -2.64. The quantitative estimate of drug-likeness (QED) is 0.332. The highest BCUT2D eigenvalue weighted by Gasteiger charge is 2.55. The lowest BCUT2D eigenvalue weighted by Gasteiger charge is -2.57. The third-order valence-corrected chi connectivity index (χ3v) is 13.7. The van der Waals surface area contributed by atoms with Crippen LogP contribution in [-0.4, -0.2) is 70.4 Å². The first-order valence-corrected chi connectivity index (χ1v) is 17.4. The first-order valence-electron chi connectivity index (χ1n) is 17.4. The van der Waals surface area contributed by atoms with Crippen molar-refractivity contribution in [2.75, 3.05) is 26.2 Å². The van der Waals surface area contributed by atoms with Gasteiger partial charge in [-0.15, -0.1) is 0 Å². The smallest absolute Gasteiger partial charge is 0.279 e. The van der Waals surface area contributed by atoms with E-state index in [0.29, 0.717) is 45.4 Å². The Bertz CT molecular complexity index is 927. The molecule has 8 nitrogen and oxygen atoms in total. The second-order valence-electron chi connectivity index (χ2n) is 16.8. The van der Waals surface area contributed by atoms with E-state index in [2.05, 4.69) is 10.6 Å². The number of hydrogen-bond acceptors (Lipinski definition) is 4. The Balaban J connectivity index is 0.881. The van der Waals surface area contributed by atoms with Crippen LogP contribution < -0.4 is 10.6 Å². The molecule has 2 heterocycles. The van der Waals surface area contributed by atoms with Crippen LogP contribution in [0.15, 0.2) is 0 Å². The summed E-state index contributed by atoms with van der Waals surface area (Å²) in [5.74, 6) is 4.46. The van der Waals surface area contributed by atoms with Crippen molar-refractivity contribution in [1.29, 1.82) is 0 Å². The van der Waals surface area contributed by atoms with Crippen LogP contribution in [0.3, 0.4) is 0 Å². The second kappa shape index (κ2) is 9.64. The Morgan fingerprint density at radius 3 is 1.22 bits per heavy atom. The van der Waals surface area contributed by atoms with Gasteiger partial charge in [-0.1, -0.05) is 0 Å². The maximum absolute atomic E-state index is 14.1. The SMILES string of the molecule is O=C(NC12CC3CC(CC(C3)C1)C2)C1CCC[N+]1([O-])CCC[N+]1([O-])CCCC1C(=O)NC12CC3CC(CC(C3)C1)C2. The van der Waals surface area contributed by atoms with E-state index in [1.54, 1.807) is 0 Å². The average Bonchev–Trinajstić information content (AvgIpc) is 3.44. The largest absolute Gasteiger partial charge is 0.632 e. The number of hydrogen-bond donors (Lipinski definition) is 2. The van der Waals surface area contributed by atoms with Crippen molar-refractivity contribution in [3.05, 3.63) is 10.4 Å². The third kappa shape index (κ3) is 4.78. The Kier molecular flexibility index (Phi) is 6.43. The van der Waals surface area contributed by atoms with E-state index in [1.165, 1.54) is 38.5 Å². The van der Waals surface area contributed by atoms with E-state index in [9.17, 15) is 20.0 Å². The van der Waals surface area contributed by atoms with Gasteiger partial charge in [0.2, 0.25) is 0 Å². The maximum Gasteiger partial charge on any atom is 0.279 e. The van der Waals surface area contributed by atoms with Crippen molar-refractivity contribution in [2.24, 2.45) is 35.5 Å². The van der Waals surface area contributed by atoms with E-state index >= 15 is 0 Å². The van der Waals surface area contributed by atoms with Gasteiger partial charge >= 0.3 is 0 Å². The van der Waals surface area contributed by atoms with Crippen LogP contribution in [0.4, 0.5) is 0 Å². The zero-order chi connectivity index (χ0) is 28.0. The maximum atomic E-state index is 14.1. The summed E-state index contributed by atoms with van der Waals surface area (Å²) in [5, 5.41) is 35.1. The molecule has 0 aromatic heterocycles. The van der Waals surface area contributed by atoms with Crippen molar-refractivity contribution in [1.82, 2.24) is 10.6 Å². The predicted molar refractivity (Wildman–Crippen MR) is 155 cm³/mol. The van der Waals surface area contributed by atoms with Crippen LogP contribution in [0, 0.1) is 45.9 Å². The van der Waals surface area contributed by atoms with Crippen LogP contribution in [0.5, 0.6) is 0 Å². The number of hydroxylamine groups is 6. The highest BCUT2D eigenvalue weighted by atomic mass is 16.6. The van der Waals surface area contributed by atoms with Crippen molar-refractivity contribution < 1.29 is 18.9 Å². The number of nitrogens with one attached hydrogen (secondary N) is 2. The number of likely N-dealkylation sites (tertiary alicyclic amines) is 2. The topological polar surface area (TPSA) is 104 Å². The molecule has 0 spiro atoms. The Morgan fingerprint density at radius 2 is 0.902 bits per heavy atom. The molecule has 4 unspecified atom stereocenters. The molecule has 8 bridgehead atoms. The number of nitrogens with zero attached hydrogens (tertiary/aromatic N) is 2. The Labute approximate surface area is 245 Å². The fourth-order valence-corrected chi connectivity index (χ4v) is 12.9.